The first-order valence-electron chi connectivity index (χ1n) is 13.6. The largest absolute Gasteiger partial charge is 0.456 e. The van der Waals surface area contributed by atoms with Gasteiger partial charge in [-0.3, -0.25) is 24.9 Å². The first-order valence-corrected chi connectivity index (χ1v) is 13.6. The second-order valence-corrected chi connectivity index (χ2v) is 10.2. The van der Waals surface area contributed by atoms with Crippen LogP contribution in [0.25, 0.3) is 11.0 Å². The number of aromatic amines is 1. The molecule has 12 heteroatoms. The van der Waals surface area contributed by atoms with Crippen LogP contribution in [0.4, 0.5) is 11.8 Å². The highest BCUT2D eigenvalue weighted by atomic mass is 16.5. The summed E-state index contributed by atoms with van der Waals surface area (Å²) in [5, 5.41) is 14.2. The SMILES string of the molecule is CN(C/C=C/C(=O)N1CC[C@@H](Nc2n[nH]c3nccc(Oc4ccc(C(=O)Nc5ncccn5)cc4)c23)C1)C1CC1. The van der Waals surface area contributed by atoms with Gasteiger partial charge in [-0.2, -0.15) is 5.10 Å². The number of carbonyl (C=O) groups excluding carboxylic acids is 2. The van der Waals surface area contributed by atoms with Crippen LogP contribution in [0, 0.1) is 0 Å². The standard InChI is InChI=1S/C29H31N9O3/c1-37(21-7-8-21)16-2-4-24(39)38-17-12-20(18-38)33-27-25-23(11-15-30-26(25)35-36-27)41-22-9-5-19(6-10-22)28(40)34-29-31-13-3-14-32-29/h2-6,9-11,13-15,20-21H,7-8,12,16-18H2,1H3,(H2,30,33,35,36)(H,31,32,34,40)/b4-2+/t20-/m1/s1. The molecule has 41 heavy (non-hydrogen) atoms. The number of anilines is 2. The van der Waals surface area contributed by atoms with Crippen molar-refractivity contribution in [2.75, 3.05) is 37.3 Å². The first kappa shape index (κ1) is 26.4. The van der Waals surface area contributed by atoms with E-state index in [1.54, 1.807) is 61.1 Å². The molecule has 1 saturated carbocycles. The molecule has 1 atom stereocenters. The lowest BCUT2D eigenvalue weighted by molar-refractivity contribution is -0.125. The number of hydrogen-bond donors (Lipinski definition) is 3. The van der Waals surface area contributed by atoms with Crippen LogP contribution in [-0.2, 0) is 4.79 Å². The van der Waals surface area contributed by atoms with Gasteiger partial charge in [-0.1, -0.05) is 6.08 Å². The number of fused-ring (bicyclic) bond motifs is 1. The van der Waals surface area contributed by atoms with Gasteiger partial charge in [0.15, 0.2) is 11.5 Å². The molecule has 210 valence electrons. The lowest BCUT2D eigenvalue weighted by atomic mass is 10.2. The van der Waals surface area contributed by atoms with Gasteiger partial charge in [-0.15, -0.1) is 0 Å². The van der Waals surface area contributed by atoms with Gasteiger partial charge >= 0.3 is 0 Å². The zero-order valence-electron chi connectivity index (χ0n) is 22.7. The summed E-state index contributed by atoms with van der Waals surface area (Å²) in [5.74, 6) is 1.68. The minimum Gasteiger partial charge on any atom is -0.456 e. The van der Waals surface area contributed by atoms with Crippen LogP contribution in [0.1, 0.15) is 29.6 Å². The van der Waals surface area contributed by atoms with Gasteiger partial charge in [-0.05, 0) is 56.6 Å². The van der Waals surface area contributed by atoms with Crippen LogP contribution in [-0.4, -0.2) is 85.5 Å². The van der Waals surface area contributed by atoms with Crippen LogP contribution in [0.2, 0.25) is 0 Å². The summed E-state index contributed by atoms with van der Waals surface area (Å²) in [4.78, 5) is 41.8. The van der Waals surface area contributed by atoms with Crippen molar-refractivity contribution in [1.82, 2.24) is 34.9 Å². The van der Waals surface area contributed by atoms with Crippen molar-refractivity contribution in [3.63, 3.8) is 0 Å². The van der Waals surface area contributed by atoms with Gasteiger partial charge in [0.25, 0.3) is 5.91 Å². The van der Waals surface area contributed by atoms with Gasteiger partial charge in [0, 0.05) is 68.0 Å². The van der Waals surface area contributed by atoms with Crippen LogP contribution in [0.15, 0.2) is 67.1 Å². The van der Waals surface area contributed by atoms with Crippen LogP contribution in [0.3, 0.4) is 0 Å². The second kappa shape index (κ2) is 11.7. The molecule has 2 aliphatic rings. The molecule has 0 bridgehead atoms. The number of likely N-dealkylation sites (tertiary alicyclic amines) is 1. The van der Waals surface area contributed by atoms with Crippen molar-refractivity contribution in [2.24, 2.45) is 0 Å². The zero-order valence-corrected chi connectivity index (χ0v) is 22.7. The predicted molar refractivity (Wildman–Crippen MR) is 154 cm³/mol. The zero-order chi connectivity index (χ0) is 28.2. The Kier molecular flexibility index (Phi) is 7.54. The number of carbonyl (C=O) groups is 2. The van der Waals surface area contributed by atoms with Gasteiger partial charge < -0.3 is 15.0 Å². The van der Waals surface area contributed by atoms with E-state index in [2.05, 4.69) is 47.7 Å². The molecule has 12 nitrogen and oxygen atoms in total. The normalized spacial score (nSPS) is 16.9. The Balaban J connectivity index is 1.09. The Morgan fingerprint density at radius 2 is 1.90 bits per heavy atom. The first-order chi connectivity index (χ1) is 20.0. The number of nitrogens with one attached hydrogen (secondary N) is 3. The van der Waals surface area contributed by atoms with Crippen LogP contribution >= 0.6 is 0 Å². The van der Waals surface area contributed by atoms with Crippen molar-refractivity contribution >= 4 is 34.6 Å². The second-order valence-electron chi connectivity index (χ2n) is 10.2. The number of nitrogens with zero attached hydrogens (tertiary/aromatic N) is 6. The molecular formula is C29H31N9O3. The van der Waals surface area contributed by atoms with E-state index in [9.17, 15) is 9.59 Å². The average Bonchev–Trinajstić information content (AvgIpc) is 3.61. The number of amides is 2. The van der Waals surface area contributed by atoms with Gasteiger partial charge in [-0.25, -0.2) is 15.0 Å². The van der Waals surface area contributed by atoms with Crippen molar-refractivity contribution in [3.8, 4) is 11.5 Å². The molecule has 0 spiro atoms. The van der Waals surface area contributed by atoms with Crippen molar-refractivity contribution in [1.29, 1.82) is 0 Å². The highest BCUT2D eigenvalue weighted by Crippen LogP contribution is 2.33. The minimum absolute atomic E-state index is 0.0319. The summed E-state index contributed by atoms with van der Waals surface area (Å²) in [6.07, 6.45) is 11.7. The smallest absolute Gasteiger partial charge is 0.258 e. The van der Waals surface area contributed by atoms with Crippen molar-refractivity contribution in [2.45, 2.75) is 31.3 Å². The number of benzene rings is 1. The Morgan fingerprint density at radius 1 is 1.10 bits per heavy atom. The van der Waals surface area contributed by atoms with Gasteiger partial charge in [0.1, 0.15) is 16.9 Å². The third-order valence-corrected chi connectivity index (χ3v) is 7.22. The van der Waals surface area contributed by atoms with E-state index < -0.39 is 0 Å². The molecule has 1 aliphatic carbocycles. The van der Waals surface area contributed by atoms with E-state index in [1.165, 1.54) is 12.8 Å². The van der Waals surface area contributed by atoms with Crippen molar-refractivity contribution < 1.29 is 14.3 Å². The number of likely N-dealkylation sites (N-methyl/N-ethyl adjacent to an activating group) is 1. The fraction of sp³-hybridized carbons (Fsp3) is 0.310. The van der Waals surface area contributed by atoms with E-state index in [4.69, 9.17) is 4.74 Å². The quantitative estimate of drug-likeness (QED) is 0.252. The molecule has 1 aromatic carbocycles. The fourth-order valence-corrected chi connectivity index (χ4v) is 4.81. The van der Waals surface area contributed by atoms with Gasteiger partial charge in [0.05, 0.1) is 0 Å². The number of hydrogen-bond acceptors (Lipinski definition) is 9. The Hall–Kier alpha value is -4.84. The lowest BCUT2D eigenvalue weighted by Crippen LogP contribution is -2.30. The van der Waals surface area contributed by atoms with Crippen LogP contribution in [0.5, 0.6) is 11.5 Å². The highest BCUT2D eigenvalue weighted by Gasteiger charge is 2.27. The molecule has 3 aromatic heterocycles. The molecule has 1 saturated heterocycles. The Morgan fingerprint density at radius 3 is 2.68 bits per heavy atom. The predicted octanol–water partition coefficient (Wildman–Crippen LogP) is 3.46. The summed E-state index contributed by atoms with van der Waals surface area (Å²) >= 11 is 0. The summed E-state index contributed by atoms with van der Waals surface area (Å²) in [6.45, 7) is 2.06. The molecule has 4 aromatic rings. The number of rotatable bonds is 10. The molecule has 0 radical (unpaired) electrons. The number of aromatic nitrogens is 5. The molecular weight excluding hydrogens is 522 g/mol. The Labute approximate surface area is 236 Å². The van der Waals surface area contributed by atoms with E-state index in [-0.39, 0.29) is 23.8 Å². The van der Waals surface area contributed by atoms with E-state index in [0.29, 0.717) is 53.0 Å². The molecule has 4 heterocycles. The number of ether oxygens (including phenoxy) is 1. The Bertz CT molecular complexity index is 1550. The third-order valence-electron chi connectivity index (χ3n) is 7.22. The minimum atomic E-state index is -0.319. The summed E-state index contributed by atoms with van der Waals surface area (Å²) in [6, 6.07) is 10.9. The highest BCUT2D eigenvalue weighted by molar-refractivity contribution is 6.03. The maximum absolute atomic E-state index is 12.7. The molecule has 2 fully saturated rings. The molecule has 2 amide bonds. The number of H-pyrrole nitrogens is 1. The topological polar surface area (TPSA) is 141 Å². The number of pyridine rings is 1. The van der Waals surface area contributed by atoms with Crippen LogP contribution < -0.4 is 15.4 Å². The molecule has 1 aliphatic heterocycles. The lowest BCUT2D eigenvalue weighted by Gasteiger charge is -2.16. The van der Waals surface area contributed by atoms with Crippen molar-refractivity contribution in [3.05, 3.63) is 72.7 Å². The summed E-state index contributed by atoms with van der Waals surface area (Å²) < 4.78 is 6.18. The maximum Gasteiger partial charge on any atom is 0.258 e. The summed E-state index contributed by atoms with van der Waals surface area (Å²) in [5.41, 5.74) is 1.03. The van der Waals surface area contributed by atoms with E-state index in [1.807, 2.05) is 11.0 Å². The third kappa shape index (κ3) is 6.33. The molecule has 6 rings (SSSR count). The monoisotopic (exact) mass is 553 g/mol. The fourth-order valence-electron chi connectivity index (χ4n) is 4.81. The average molecular weight is 554 g/mol. The molecule has 0 unspecified atom stereocenters. The van der Waals surface area contributed by atoms with E-state index >= 15 is 0 Å². The summed E-state index contributed by atoms with van der Waals surface area (Å²) in [7, 11) is 2.10. The van der Waals surface area contributed by atoms with E-state index in [0.717, 1.165) is 13.0 Å². The molecule has 3 N–H and O–H groups in total. The van der Waals surface area contributed by atoms with Gasteiger partial charge in [0.2, 0.25) is 11.9 Å². The maximum atomic E-state index is 12.7.